The zero-order valence-corrected chi connectivity index (χ0v) is 11.5. The number of nitrogens with zero attached hydrogens (tertiary/aromatic N) is 2. The third-order valence-corrected chi connectivity index (χ3v) is 3.64. The van der Waals surface area contributed by atoms with Gasteiger partial charge in [0.1, 0.15) is 0 Å². The summed E-state index contributed by atoms with van der Waals surface area (Å²) in [5, 5.41) is 6.91. The van der Waals surface area contributed by atoms with Crippen LogP contribution in [0.3, 0.4) is 0 Å². The highest BCUT2D eigenvalue weighted by molar-refractivity contribution is 7.99. The molecule has 3 N–H and O–H groups in total. The number of hydrogen-bond donors (Lipinski definition) is 2. The highest BCUT2D eigenvalue weighted by Gasteiger charge is 2.11. The van der Waals surface area contributed by atoms with E-state index >= 15 is 0 Å². The number of carbonyl (C=O) groups excluding carboxylic acids is 1. The van der Waals surface area contributed by atoms with Crippen LogP contribution in [-0.2, 0) is 6.54 Å². The van der Waals surface area contributed by atoms with Crippen molar-refractivity contribution in [1.29, 1.82) is 0 Å². The van der Waals surface area contributed by atoms with Crippen molar-refractivity contribution < 1.29 is 4.79 Å². The lowest BCUT2D eigenvalue weighted by molar-refractivity contribution is 0.101. The quantitative estimate of drug-likeness (QED) is 0.653. The molecule has 2 rings (SSSR count). The van der Waals surface area contributed by atoms with Gasteiger partial charge in [0.2, 0.25) is 0 Å². The molecule has 0 aliphatic rings. The van der Waals surface area contributed by atoms with Crippen molar-refractivity contribution in [1.82, 2.24) is 14.8 Å². The van der Waals surface area contributed by atoms with E-state index in [9.17, 15) is 9.59 Å². The Bertz CT molecular complexity index is 675. The number of nitrogens with two attached hydrogens (primary N) is 1. The number of nitrogens with one attached hydrogen (secondary N) is 1. The first kappa shape index (κ1) is 13.4. The Balaban J connectivity index is 2.36. The maximum atomic E-state index is 11.4. The Hall–Kier alpha value is -2.02. The van der Waals surface area contributed by atoms with Gasteiger partial charge in [0.05, 0.1) is 0 Å². The van der Waals surface area contributed by atoms with E-state index in [2.05, 4.69) is 10.2 Å². The third-order valence-electron chi connectivity index (χ3n) is 2.65. The summed E-state index contributed by atoms with van der Waals surface area (Å²) in [5.41, 5.74) is 6.42. The molecule has 0 unspecified atom stereocenters. The molecule has 0 atom stereocenters. The highest BCUT2D eigenvalue weighted by Crippen LogP contribution is 2.28. The van der Waals surface area contributed by atoms with Gasteiger partial charge in [-0.1, -0.05) is 0 Å². The predicted octanol–water partition coefficient (Wildman–Crippen LogP) is 1.53. The van der Waals surface area contributed by atoms with E-state index in [-0.39, 0.29) is 11.5 Å². The molecule has 0 saturated heterocycles. The summed E-state index contributed by atoms with van der Waals surface area (Å²) in [7, 11) is 0. The van der Waals surface area contributed by atoms with Gasteiger partial charge in [0.15, 0.2) is 10.9 Å². The topological polar surface area (TPSA) is 93.8 Å². The Morgan fingerprint density at radius 1 is 1.53 bits per heavy atom. The maximum absolute atomic E-state index is 11.4. The van der Waals surface area contributed by atoms with Crippen LogP contribution in [0.1, 0.15) is 24.2 Å². The zero-order chi connectivity index (χ0) is 14.0. The first-order valence-electron chi connectivity index (χ1n) is 5.76. The summed E-state index contributed by atoms with van der Waals surface area (Å²) < 4.78 is 1.52. The number of nitrogen functional groups attached to an aromatic ring is 1. The van der Waals surface area contributed by atoms with Crippen LogP contribution in [0.15, 0.2) is 33.0 Å². The smallest absolute Gasteiger partial charge is 0.343 e. The molecule has 0 radical (unpaired) electrons. The SMILES string of the molecule is CCn1c(Sc2ccc(N)c(C(C)=O)c2)n[nH]c1=O. The third kappa shape index (κ3) is 2.70. The lowest BCUT2D eigenvalue weighted by Crippen LogP contribution is -2.16. The number of ketones is 1. The minimum atomic E-state index is -0.243. The van der Waals surface area contributed by atoms with E-state index in [1.165, 1.54) is 23.3 Å². The molecule has 1 heterocycles. The van der Waals surface area contributed by atoms with Gasteiger partial charge in [-0.05, 0) is 43.8 Å². The van der Waals surface area contributed by atoms with Gasteiger partial charge in [0.25, 0.3) is 0 Å². The number of rotatable bonds is 4. The van der Waals surface area contributed by atoms with Crippen LogP contribution in [-0.4, -0.2) is 20.5 Å². The molecular formula is C12H14N4O2S. The van der Waals surface area contributed by atoms with Crippen LogP contribution >= 0.6 is 11.8 Å². The molecular weight excluding hydrogens is 264 g/mol. The predicted molar refractivity (Wildman–Crippen MR) is 73.5 cm³/mol. The summed E-state index contributed by atoms with van der Waals surface area (Å²) in [4.78, 5) is 23.7. The minimum Gasteiger partial charge on any atom is -0.398 e. The molecule has 100 valence electrons. The van der Waals surface area contributed by atoms with Crippen molar-refractivity contribution >= 4 is 23.2 Å². The first-order valence-corrected chi connectivity index (χ1v) is 6.58. The second kappa shape index (κ2) is 5.31. The average Bonchev–Trinajstić information content (AvgIpc) is 2.72. The number of hydrogen-bond acceptors (Lipinski definition) is 5. The molecule has 6 nitrogen and oxygen atoms in total. The first-order chi connectivity index (χ1) is 9.02. The number of carbonyl (C=O) groups is 1. The van der Waals surface area contributed by atoms with E-state index in [4.69, 9.17) is 5.73 Å². The van der Waals surface area contributed by atoms with E-state index in [0.717, 1.165) is 4.90 Å². The summed E-state index contributed by atoms with van der Waals surface area (Å²) in [5.74, 6) is -0.0881. The van der Waals surface area contributed by atoms with Gasteiger partial charge in [-0.15, -0.1) is 5.10 Å². The Kier molecular flexibility index (Phi) is 3.75. The second-order valence-corrected chi connectivity index (χ2v) is 5.00. The molecule has 0 amide bonds. The number of benzene rings is 1. The van der Waals surface area contributed by atoms with Crippen molar-refractivity contribution in [2.45, 2.75) is 30.4 Å². The molecule has 19 heavy (non-hydrogen) atoms. The van der Waals surface area contributed by atoms with Crippen LogP contribution in [0.5, 0.6) is 0 Å². The van der Waals surface area contributed by atoms with Crippen LogP contribution in [0.4, 0.5) is 5.69 Å². The lowest BCUT2D eigenvalue weighted by atomic mass is 10.1. The maximum Gasteiger partial charge on any atom is 0.343 e. The van der Waals surface area contributed by atoms with Crippen molar-refractivity contribution in [2.24, 2.45) is 0 Å². The zero-order valence-electron chi connectivity index (χ0n) is 10.6. The number of aromatic nitrogens is 3. The molecule has 1 aromatic heterocycles. The fraction of sp³-hybridized carbons (Fsp3) is 0.250. The Morgan fingerprint density at radius 3 is 2.89 bits per heavy atom. The fourth-order valence-electron chi connectivity index (χ4n) is 1.67. The summed E-state index contributed by atoms with van der Waals surface area (Å²) in [6.07, 6.45) is 0. The monoisotopic (exact) mass is 278 g/mol. The lowest BCUT2D eigenvalue weighted by Gasteiger charge is -2.06. The minimum absolute atomic E-state index is 0.0881. The van der Waals surface area contributed by atoms with Crippen LogP contribution in [0.25, 0.3) is 0 Å². The number of aromatic amines is 1. The Labute approximate surface area is 114 Å². The largest absolute Gasteiger partial charge is 0.398 e. The van der Waals surface area contributed by atoms with Gasteiger partial charge < -0.3 is 5.73 Å². The number of anilines is 1. The van der Waals surface area contributed by atoms with Crippen LogP contribution in [0, 0.1) is 0 Å². The Morgan fingerprint density at radius 2 is 2.26 bits per heavy atom. The van der Waals surface area contributed by atoms with Gasteiger partial charge in [-0.3, -0.25) is 9.36 Å². The molecule has 0 aliphatic carbocycles. The van der Waals surface area contributed by atoms with E-state index < -0.39 is 0 Å². The highest BCUT2D eigenvalue weighted by atomic mass is 32.2. The van der Waals surface area contributed by atoms with Gasteiger partial charge in [-0.2, -0.15) is 0 Å². The normalized spacial score (nSPS) is 10.6. The molecule has 7 heteroatoms. The van der Waals surface area contributed by atoms with E-state index in [1.54, 1.807) is 18.2 Å². The second-order valence-electron chi connectivity index (χ2n) is 3.96. The molecule has 0 spiro atoms. The molecule has 0 aliphatic heterocycles. The van der Waals surface area contributed by atoms with Gasteiger partial charge >= 0.3 is 5.69 Å². The molecule has 2 aromatic rings. The van der Waals surface area contributed by atoms with E-state index in [1.807, 2.05) is 6.92 Å². The molecule has 0 saturated carbocycles. The summed E-state index contributed by atoms with van der Waals surface area (Å²) in [6.45, 7) is 3.87. The summed E-state index contributed by atoms with van der Waals surface area (Å²) >= 11 is 1.31. The fourth-order valence-corrected chi connectivity index (χ4v) is 2.61. The standard InChI is InChI=1S/C12H14N4O2S/c1-3-16-11(18)14-15-12(16)19-8-4-5-10(13)9(6-8)7(2)17/h4-6H,3,13H2,1-2H3,(H,14,18). The van der Waals surface area contributed by atoms with E-state index in [0.29, 0.717) is 23.0 Å². The van der Waals surface area contributed by atoms with Crippen LogP contribution < -0.4 is 11.4 Å². The van der Waals surface area contributed by atoms with Crippen molar-refractivity contribution in [3.05, 3.63) is 34.2 Å². The van der Waals surface area contributed by atoms with Crippen LogP contribution in [0.2, 0.25) is 0 Å². The molecule has 0 bridgehead atoms. The van der Waals surface area contributed by atoms with Gasteiger partial charge in [-0.25, -0.2) is 9.89 Å². The molecule has 1 aromatic carbocycles. The van der Waals surface area contributed by atoms with Gasteiger partial charge in [0, 0.05) is 22.7 Å². The van der Waals surface area contributed by atoms with Crippen molar-refractivity contribution in [2.75, 3.05) is 5.73 Å². The van der Waals surface area contributed by atoms with Crippen molar-refractivity contribution in [3.8, 4) is 0 Å². The summed E-state index contributed by atoms with van der Waals surface area (Å²) in [6, 6.07) is 5.19. The molecule has 0 fully saturated rings. The average molecular weight is 278 g/mol. The number of Topliss-reactive ketones (excluding diaryl/α,β-unsaturated/α-hetero) is 1. The number of H-pyrrole nitrogens is 1. The van der Waals surface area contributed by atoms with Crippen molar-refractivity contribution in [3.63, 3.8) is 0 Å².